The van der Waals surface area contributed by atoms with Crippen LogP contribution < -0.4 is 5.56 Å². The van der Waals surface area contributed by atoms with Gasteiger partial charge in [-0.2, -0.15) is 0 Å². The van der Waals surface area contributed by atoms with Crippen LogP contribution in [0.15, 0.2) is 47.5 Å². The van der Waals surface area contributed by atoms with E-state index >= 15 is 0 Å². The van der Waals surface area contributed by atoms with E-state index in [9.17, 15) is 9.59 Å². The van der Waals surface area contributed by atoms with Crippen LogP contribution in [0.3, 0.4) is 0 Å². The highest BCUT2D eigenvalue weighted by molar-refractivity contribution is 7.17. The largest absolute Gasteiger partial charge is 0.477 e. The Kier molecular flexibility index (Phi) is 3.08. The van der Waals surface area contributed by atoms with Crippen molar-refractivity contribution in [3.05, 3.63) is 69.1 Å². The van der Waals surface area contributed by atoms with Gasteiger partial charge in [-0.25, -0.2) is 9.78 Å². The molecule has 0 fully saturated rings. The zero-order valence-corrected chi connectivity index (χ0v) is 11.1. The van der Waals surface area contributed by atoms with Gasteiger partial charge < -0.3 is 5.11 Å². The standard InChI is InChI=1S/C14H10N2O3S/c17-12-11(13(18)19)7-15-14-16(12)8-10(20-14)6-9-4-2-1-3-5-9/h1-5,7-8H,6H2,(H,18,19). The van der Waals surface area contributed by atoms with Gasteiger partial charge in [0, 0.05) is 17.5 Å². The quantitative estimate of drug-likeness (QED) is 0.800. The number of benzene rings is 1. The molecule has 0 atom stereocenters. The maximum atomic E-state index is 12.0. The summed E-state index contributed by atoms with van der Waals surface area (Å²) in [5.41, 5.74) is 0.273. The van der Waals surface area contributed by atoms with Crippen molar-refractivity contribution in [2.24, 2.45) is 0 Å². The minimum absolute atomic E-state index is 0.313. The number of hydrogen-bond acceptors (Lipinski definition) is 4. The number of rotatable bonds is 3. The molecule has 20 heavy (non-hydrogen) atoms. The number of thiazole rings is 1. The minimum atomic E-state index is -1.26. The summed E-state index contributed by atoms with van der Waals surface area (Å²) in [4.78, 5) is 28.4. The monoisotopic (exact) mass is 286 g/mol. The number of carboxylic acid groups (broad SMARTS) is 1. The summed E-state index contributed by atoms with van der Waals surface area (Å²) in [6, 6.07) is 9.86. The maximum Gasteiger partial charge on any atom is 0.342 e. The van der Waals surface area contributed by atoms with E-state index in [1.807, 2.05) is 30.3 Å². The van der Waals surface area contributed by atoms with Crippen molar-refractivity contribution in [2.75, 3.05) is 0 Å². The average Bonchev–Trinajstić information content (AvgIpc) is 2.83. The highest BCUT2D eigenvalue weighted by Gasteiger charge is 2.13. The summed E-state index contributed by atoms with van der Waals surface area (Å²) < 4.78 is 1.30. The lowest BCUT2D eigenvalue weighted by molar-refractivity contribution is 0.0694. The molecule has 0 aliphatic rings. The van der Waals surface area contributed by atoms with Gasteiger partial charge in [-0.15, -0.1) is 11.3 Å². The third-order valence-corrected chi connectivity index (χ3v) is 3.90. The lowest BCUT2D eigenvalue weighted by atomic mass is 10.1. The van der Waals surface area contributed by atoms with Crippen LogP contribution in [-0.4, -0.2) is 20.5 Å². The Labute approximate surface area is 117 Å². The second-order valence-corrected chi connectivity index (χ2v) is 5.39. The second kappa shape index (κ2) is 4.90. The van der Waals surface area contributed by atoms with E-state index in [1.54, 1.807) is 6.20 Å². The molecule has 3 aromatic rings. The Bertz CT molecular complexity index is 836. The van der Waals surface area contributed by atoms with E-state index in [0.29, 0.717) is 11.4 Å². The molecular formula is C14H10N2O3S. The Morgan fingerprint density at radius 3 is 2.75 bits per heavy atom. The molecule has 0 unspecified atom stereocenters. The van der Waals surface area contributed by atoms with E-state index in [0.717, 1.165) is 16.6 Å². The molecule has 6 heteroatoms. The summed E-state index contributed by atoms with van der Waals surface area (Å²) in [7, 11) is 0. The van der Waals surface area contributed by atoms with Gasteiger partial charge in [0.15, 0.2) is 4.96 Å². The van der Waals surface area contributed by atoms with E-state index < -0.39 is 11.5 Å². The van der Waals surface area contributed by atoms with Gasteiger partial charge in [0.25, 0.3) is 5.56 Å². The van der Waals surface area contributed by atoms with Crippen molar-refractivity contribution in [3.8, 4) is 0 Å². The van der Waals surface area contributed by atoms with Crippen molar-refractivity contribution in [2.45, 2.75) is 6.42 Å². The minimum Gasteiger partial charge on any atom is -0.477 e. The van der Waals surface area contributed by atoms with Crippen molar-refractivity contribution in [1.29, 1.82) is 0 Å². The lowest BCUT2D eigenvalue weighted by Gasteiger charge is -1.95. The number of fused-ring (bicyclic) bond motifs is 1. The van der Waals surface area contributed by atoms with Crippen molar-refractivity contribution < 1.29 is 9.90 Å². The molecule has 5 nitrogen and oxygen atoms in total. The maximum absolute atomic E-state index is 12.0. The Morgan fingerprint density at radius 1 is 1.30 bits per heavy atom. The van der Waals surface area contributed by atoms with Crippen LogP contribution in [0.25, 0.3) is 4.96 Å². The second-order valence-electron chi connectivity index (χ2n) is 4.29. The predicted molar refractivity (Wildman–Crippen MR) is 75.5 cm³/mol. The third kappa shape index (κ3) is 2.21. The first-order chi connectivity index (χ1) is 9.65. The topological polar surface area (TPSA) is 71.7 Å². The molecule has 0 amide bonds. The molecule has 0 saturated heterocycles. The van der Waals surface area contributed by atoms with Crippen LogP contribution in [0.4, 0.5) is 0 Å². The normalized spacial score (nSPS) is 10.8. The SMILES string of the molecule is O=C(O)c1cnc2sc(Cc3ccccc3)cn2c1=O. The molecule has 100 valence electrons. The van der Waals surface area contributed by atoms with Crippen molar-refractivity contribution in [3.63, 3.8) is 0 Å². The first kappa shape index (κ1) is 12.6. The van der Waals surface area contributed by atoms with Crippen LogP contribution in [-0.2, 0) is 6.42 Å². The molecule has 2 aromatic heterocycles. The van der Waals surface area contributed by atoms with Gasteiger partial charge in [-0.1, -0.05) is 30.3 Å². The van der Waals surface area contributed by atoms with Crippen LogP contribution in [0.2, 0.25) is 0 Å². The Balaban J connectivity index is 2.05. The van der Waals surface area contributed by atoms with Crippen LogP contribution in [0.5, 0.6) is 0 Å². The summed E-state index contributed by atoms with van der Waals surface area (Å²) in [6.45, 7) is 0. The molecule has 0 saturated carbocycles. The van der Waals surface area contributed by atoms with Crippen molar-refractivity contribution in [1.82, 2.24) is 9.38 Å². The highest BCUT2D eigenvalue weighted by Crippen LogP contribution is 2.18. The number of carboxylic acids is 1. The number of nitrogens with zero attached hydrogens (tertiary/aromatic N) is 2. The molecule has 1 N–H and O–H groups in total. The molecule has 0 spiro atoms. The van der Waals surface area contributed by atoms with Gasteiger partial charge in [-0.3, -0.25) is 9.20 Å². The summed E-state index contributed by atoms with van der Waals surface area (Å²) in [5.74, 6) is -1.26. The molecule has 0 bridgehead atoms. The Hall–Kier alpha value is -2.47. The molecule has 0 radical (unpaired) electrons. The average molecular weight is 286 g/mol. The molecule has 0 aliphatic heterocycles. The summed E-state index contributed by atoms with van der Waals surface area (Å²) in [6.07, 6.45) is 3.47. The van der Waals surface area contributed by atoms with E-state index in [-0.39, 0.29) is 5.56 Å². The van der Waals surface area contributed by atoms with Gasteiger partial charge >= 0.3 is 5.97 Å². The number of hydrogen-bond donors (Lipinski definition) is 1. The Morgan fingerprint density at radius 2 is 2.05 bits per heavy atom. The van der Waals surface area contributed by atoms with Gasteiger partial charge in [-0.05, 0) is 5.56 Å². The van der Waals surface area contributed by atoms with Crippen LogP contribution in [0.1, 0.15) is 20.8 Å². The molecule has 0 aliphatic carbocycles. The van der Waals surface area contributed by atoms with Gasteiger partial charge in [0.1, 0.15) is 5.56 Å². The number of aromatic nitrogens is 2. The van der Waals surface area contributed by atoms with E-state index in [1.165, 1.54) is 15.7 Å². The fraction of sp³-hybridized carbons (Fsp3) is 0.0714. The fourth-order valence-corrected chi connectivity index (χ4v) is 2.93. The van der Waals surface area contributed by atoms with E-state index in [4.69, 9.17) is 5.11 Å². The third-order valence-electron chi connectivity index (χ3n) is 2.91. The number of carbonyl (C=O) groups is 1. The van der Waals surface area contributed by atoms with Crippen LogP contribution >= 0.6 is 11.3 Å². The predicted octanol–water partition coefficient (Wildman–Crippen LogP) is 2.04. The lowest BCUT2D eigenvalue weighted by Crippen LogP contribution is -2.21. The first-order valence-corrected chi connectivity index (χ1v) is 6.74. The molecule has 3 rings (SSSR count). The smallest absolute Gasteiger partial charge is 0.342 e. The van der Waals surface area contributed by atoms with Gasteiger partial charge in [0.2, 0.25) is 0 Å². The molecular weight excluding hydrogens is 276 g/mol. The van der Waals surface area contributed by atoms with Crippen molar-refractivity contribution >= 4 is 22.3 Å². The summed E-state index contributed by atoms with van der Waals surface area (Å²) in [5, 5.41) is 8.92. The number of aromatic carboxylic acids is 1. The van der Waals surface area contributed by atoms with Gasteiger partial charge in [0.05, 0.1) is 6.20 Å². The zero-order valence-electron chi connectivity index (χ0n) is 10.3. The zero-order chi connectivity index (χ0) is 14.1. The highest BCUT2D eigenvalue weighted by atomic mass is 32.1. The summed E-state index contributed by atoms with van der Waals surface area (Å²) >= 11 is 1.39. The molecule has 1 aromatic carbocycles. The molecule has 2 heterocycles. The first-order valence-electron chi connectivity index (χ1n) is 5.92. The van der Waals surface area contributed by atoms with Crippen LogP contribution in [0, 0.1) is 0 Å². The fourth-order valence-electron chi connectivity index (χ4n) is 1.96. The van der Waals surface area contributed by atoms with E-state index in [2.05, 4.69) is 4.98 Å².